The van der Waals surface area contributed by atoms with E-state index in [1.165, 1.54) is 36.3 Å². The van der Waals surface area contributed by atoms with Gasteiger partial charge in [0.05, 0.1) is 24.8 Å². The van der Waals surface area contributed by atoms with E-state index in [9.17, 15) is 19.2 Å². The van der Waals surface area contributed by atoms with Gasteiger partial charge in [0.2, 0.25) is 5.91 Å². The summed E-state index contributed by atoms with van der Waals surface area (Å²) in [6.07, 6.45) is 3.11. The van der Waals surface area contributed by atoms with Gasteiger partial charge < -0.3 is 9.64 Å². The minimum Gasteiger partial charge on any atom is -0.465 e. The van der Waals surface area contributed by atoms with Crippen LogP contribution in [0.2, 0.25) is 0 Å². The zero-order chi connectivity index (χ0) is 24.2. The van der Waals surface area contributed by atoms with Crippen LogP contribution in [0.4, 0.5) is 5.69 Å². The summed E-state index contributed by atoms with van der Waals surface area (Å²) < 4.78 is 4.69. The summed E-state index contributed by atoms with van der Waals surface area (Å²) in [4.78, 5) is 58.1. The van der Waals surface area contributed by atoms with Crippen molar-refractivity contribution < 1.29 is 23.9 Å². The van der Waals surface area contributed by atoms with Gasteiger partial charge >= 0.3 is 5.97 Å². The average molecular weight is 457 g/mol. The number of aryl methyl sites for hydroxylation is 1. The monoisotopic (exact) mass is 457 g/mol. The lowest BCUT2D eigenvalue weighted by molar-refractivity contribution is -0.122. The van der Waals surface area contributed by atoms with Gasteiger partial charge in [0.15, 0.2) is 0 Å². The van der Waals surface area contributed by atoms with E-state index in [-0.39, 0.29) is 18.9 Å². The van der Waals surface area contributed by atoms with Gasteiger partial charge in [0.25, 0.3) is 11.8 Å². The smallest absolute Gasteiger partial charge is 0.337 e. The number of benzene rings is 2. The Bertz CT molecular complexity index is 1240. The van der Waals surface area contributed by atoms with Gasteiger partial charge in [-0.2, -0.15) is 0 Å². The first-order valence-electron chi connectivity index (χ1n) is 10.7. The van der Waals surface area contributed by atoms with Crippen molar-refractivity contribution in [3.8, 4) is 0 Å². The Hall–Kier alpha value is -4.33. The van der Waals surface area contributed by atoms with Crippen molar-refractivity contribution in [2.45, 2.75) is 25.9 Å². The van der Waals surface area contributed by atoms with Crippen LogP contribution in [-0.4, -0.2) is 46.7 Å². The number of carbonyl (C=O) groups is 4. The second-order valence-corrected chi connectivity index (χ2v) is 7.99. The highest BCUT2D eigenvalue weighted by Crippen LogP contribution is 2.28. The maximum atomic E-state index is 13.5. The number of amides is 3. The predicted octanol–water partition coefficient (Wildman–Crippen LogP) is 3.15. The SMILES string of the molecule is COC(=O)c1ccc(N2C(=O)CC(N(Cc3cccnc3)C(=O)c3cccc(C)c3)C2=O)cc1. The Labute approximate surface area is 196 Å². The van der Waals surface area contributed by atoms with E-state index < -0.39 is 23.8 Å². The summed E-state index contributed by atoms with van der Waals surface area (Å²) in [5, 5.41) is 0. The van der Waals surface area contributed by atoms with Crippen LogP contribution in [0.15, 0.2) is 73.1 Å². The molecule has 0 spiro atoms. The lowest BCUT2D eigenvalue weighted by Gasteiger charge is -2.28. The van der Waals surface area contributed by atoms with Crippen LogP contribution in [0, 0.1) is 6.92 Å². The number of pyridine rings is 1. The summed E-state index contributed by atoms with van der Waals surface area (Å²) in [5.74, 6) is -1.79. The van der Waals surface area contributed by atoms with Crippen molar-refractivity contribution in [3.63, 3.8) is 0 Å². The van der Waals surface area contributed by atoms with Gasteiger partial charge in [-0.3, -0.25) is 19.4 Å². The maximum absolute atomic E-state index is 13.5. The van der Waals surface area contributed by atoms with Crippen LogP contribution in [0.3, 0.4) is 0 Å². The molecule has 0 bridgehead atoms. The molecule has 34 heavy (non-hydrogen) atoms. The average Bonchev–Trinajstić information content (AvgIpc) is 3.15. The molecule has 1 unspecified atom stereocenters. The van der Waals surface area contributed by atoms with E-state index >= 15 is 0 Å². The number of methoxy groups -OCH3 is 1. The lowest BCUT2D eigenvalue weighted by atomic mass is 10.1. The lowest BCUT2D eigenvalue weighted by Crippen LogP contribution is -2.45. The molecule has 8 heteroatoms. The van der Waals surface area contributed by atoms with Gasteiger partial charge in [-0.25, -0.2) is 9.69 Å². The first-order chi connectivity index (χ1) is 16.4. The highest BCUT2D eigenvalue weighted by Gasteiger charge is 2.44. The molecule has 172 valence electrons. The van der Waals surface area contributed by atoms with Gasteiger partial charge in [-0.1, -0.05) is 23.8 Å². The van der Waals surface area contributed by atoms with E-state index in [2.05, 4.69) is 4.98 Å². The van der Waals surface area contributed by atoms with Crippen LogP contribution >= 0.6 is 0 Å². The number of nitrogens with zero attached hydrogens (tertiary/aromatic N) is 3. The molecule has 4 rings (SSSR count). The van der Waals surface area contributed by atoms with Crippen molar-refractivity contribution >= 4 is 29.4 Å². The molecule has 1 saturated heterocycles. The normalized spacial score (nSPS) is 15.4. The molecule has 1 aliphatic rings. The minimum absolute atomic E-state index is 0.124. The summed E-state index contributed by atoms with van der Waals surface area (Å²) >= 11 is 0. The maximum Gasteiger partial charge on any atom is 0.337 e. The van der Waals surface area contributed by atoms with Crippen molar-refractivity contribution in [2.75, 3.05) is 12.0 Å². The Kier molecular flexibility index (Phi) is 6.49. The highest BCUT2D eigenvalue weighted by molar-refractivity contribution is 6.23. The fourth-order valence-electron chi connectivity index (χ4n) is 3.95. The molecular weight excluding hydrogens is 434 g/mol. The van der Waals surface area contributed by atoms with Gasteiger partial charge in [0, 0.05) is 24.5 Å². The first-order valence-corrected chi connectivity index (χ1v) is 10.7. The second kappa shape index (κ2) is 9.66. The van der Waals surface area contributed by atoms with Gasteiger partial charge in [0.1, 0.15) is 6.04 Å². The van der Waals surface area contributed by atoms with Crippen molar-refractivity contribution in [3.05, 3.63) is 95.3 Å². The van der Waals surface area contributed by atoms with Gasteiger partial charge in [-0.05, 0) is 55.0 Å². The largest absolute Gasteiger partial charge is 0.465 e. The third kappa shape index (κ3) is 4.56. The summed E-state index contributed by atoms with van der Waals surface area (Å²) in [5.41, 5.74) is 2.71. The van der Waals surface area contributed by atoms with Crippen LogP contribution in [0.25, 0.3) is 0 Å². The molecule has 0 radical (unpaired) electrons. The Morgan fingerprint density at radius 2 is 1.82 bits per heavy atom. The molecule has 0 N–H and O–H groups in total. The number of hydrogen-bond donors (Lipinski definition) is 0. The predicted molar refractivity (Wildman–Crippen MR) is 124 cm³/mol. The zero-order valence-corrected chi connectivity index (χ0v) is 18.8. The Morgan fingerprint density at radius 1 is 1.06 bits per heavy atom. The van der Waals surface area contributed by atoms with E-state index in [0.717, 1.165) is 16.0 Å². The van der Waals surface area contributed by atoms with Crippen LogP contribution in [0.5, 0.6) is 0 Å². The topological polar surface area (TPSA) is 96.9 Å². The van der Waals surface area contributed by atoms with E-state index in [1.807, 2.05) is 19.1 Å². The molecular formula is C26H23N3O5. The summed E-state index contributed by atoms with van der Waals surface area (Å²) in [6.45, 7) is 2.01. The molecule has 1 atom stereocenters. The third-order valence-electron chi connectivity index (χ3n) is 5.65. The highest BCUT2D eigenvalue weighted by atomic mass is 16.5. The summed E-state index contributed by atoms with van der Waals surface area (Å²) in [6, 6.07) is 15.7. The van der Waals surface area contributed by atoms with Crippen molar-refractivity contribution in [2.24, 2.45) is 0 Å². The van der Waals surface area contributed by atoms with E-state index in [1.54, 1.807) is 36.7 Å². The van der Waals surface area contributed by atoms with Crippen LogP contribution in [0.1, 0.15) is 38.3 Å². The molecule has 1 fully saturated rings. The minimum atomic E-state index is -0.971. The van der Waals surface area contributed by atoms with Crippen LogP contribution < -0.4 is 4.90 Å². The van der Waals surface area contributed by atoms with Crippen molar-refractivity contribution in [1.82, 2.24) is 9.88 Å². The molecule has 3 amide bonds. The quantitative estimate of drug-likeness (QED) is 0.417. The second-order valence-electron chi connectivity index (χ2n) is 7.99. The number of aromatic nitrogens is 1. The van der Waals surface area contributed by atoms with E-state index in [0.29, 0.717) is 16.8 Å². The molecule has 1 aromatic heterocycles. The fraction of sp³-hybridized carbons (Fsp3) is 0.192. The molecule has 8 nitrogen and oxygen atoms in total. The van der Waals surface area contributed by atoms with Crippen LogP contribution in [-0.2, 0) is 20.9 Å². The molecule has 1 aliphatic heterocycles. The fourth-order valence-corrected chi connectivity index (χ4v) is 3.95. The Morgan fingerprint density at radius 3 is 2.47 bits per heavy atom. The zero-order valence-electron chi connectivity index (χ0n) is 18.8. The summed E-state index contributed by atoms with van der Waals surface area (Å²) in [7, 11) is 1.27. The standard InChI is InChI=1S/C26H23N3O5/c1-17-5-3-7-20(13-17)24(31)28(16-18-6-4-12-27-15-18)22-14-23(30)29(25(22)32)21-10-8-19(9-11-21)26(33)34-2/h3-13,15,22H,14,16H2,1-2H3. The van der Waals surface area contributed by atoms with E-state index in [4.69, 9.17) is 4.74 Å². The number of esters is 1. The number of anilines is 1. The molecule has 2 aromatic carbocycles. The van der Waals surface area contributed by atoms with Gasteiger partial charge in [-0.15, -0.1) is 0 Å². The molecule has 0 saturated carbocycles. The van der Waals surface area contributed by atoms with Crippen molar-refractivity contribution in [1.29, 1.82) is 0 Å². The molecule has 2 heterocycles. The molecule has 3 aromatic rings. The number of imide groups is 1. The third-order valence-corrected chi connectivity index (χ3v) is 5.65. The number of ether oxygens (including phenoxy) is 1. The molecule has 0 aliphatic carbocycles. The number of rotatable bonds is 6. The first kappa shape index (κ1) is 22.8. The number of carbonyl (C=O) groups excluding carboxylic acids is 4. The Balaban J connectivity index is 1.66. The number of hydrogen-bond acceptors (Lipinski definition) is 6.